The Bertz CT molecular complexity index is 1220. The molecule has 37 heavy (non-hydrogen) atoms. The van der Waals surface area contributed by atoms with Crippen molar-refractivity contribution in [2.75, 3.05) is 32.8 Å². The van der Waals surface area contributed by atoms with E-state index in [2.05, 4.69) is 53.1 Å². The number of hydrogen-bond donors (Lipinski definition) is 1. The smallest absolute Gasteiger partial charge is 0.309 e. The predicted octanol–water partition coefficient (Wildman–Crippen LogP) is 5.47. The van der Waals surface area contributed by atoms with Crippen molar-refractivity contribution < 1.29 is 19.5 Å². The number of aliphatic carboxylic acids is 1. The van der Waals surface area contributed by atoms with Crippen LogP contribution < -0.4 is 4.74 Å². The van der Waals surface area contributed by atoms with Crippen molar-refractivity contribution >= 4 is 23.1 Å². The van der Waals surface area contributed by atoms with Crippen LogP contribution in [0.15, 0.2) is 29.4 Å². The number of benzene rings is 1. The van der Waals surface area contributed by atoms with Crippen LogP contribution >= 0.6 is 11.3 Å². The lowest BCUT2D eigenvalue weighted by molar-refractivity contribution is -0.150. The molecule has 198 valence electrons. The fraction of sp³-hybridized carbons (Fsp3) is 0.586. The van der Waals surface area contributed by atoms with Crippen molar-refractivity contribution in [1.29, 1.82) is 0 Å². The van der Waals surface area contributed by atoms with E-state index >= 15 is 0 Å². The Morgan fingerprint density at radius 2 is 2.00 bits per heavy atom. The molecule has 0 amide bonds. The summed E-state index contributed by atoms with van der Waals surface area (Å²) < 4.78 is 6.20. The molecule has 2 aromatic rings. The number of carboxylic acid groups (broad SMARTS) is 1. The van der Waals surface area contributed by atoms with E-state index < -0.39 is 11.4 Å². The van der Waals surface area contributed by atoms with Gasteiger partial charge < -0.3 is 19.6 Å². The molecule has 1 aromatic heterocycles. The third kappa shape index (κ3) is 4.74. The van der Waals surface area contributed by atoms with Gasteiger partial charge in [0, 0.05) is 48.0 Å². The van der Waals surface area contributed by atoms with Crippen molar-refractivity contribution in [3.63, 3.8) is 0 Å². The fourth-order valence-electron chi connectivity index (χ4n) is 6.06. The first-order chi connectivity index (χ1) is 17.8. The van der Waals surface area contributed by atoms with Gasteiger partial charge in [-0.05, 0) is 81.7 Å². The molecule has 0 atom stereocenters. The average Bonchev–Trinajstić information content (AvgIpc) is 3.46. The summed E-state index contributed by atoms with van der Waals surface area (Å²) in [4.78, 5) is 24.9. The molecule has 1 aromatic carbocycles. The molecular formula is C29H37N3O4S. The van der Waals surface area contributed by atoms with Gasteiger partial charge in [0.05, 0.1) is 18.4 Å². The fourth-order valence-corrected chi connectivity index (χ4v) is 7.00. The minimum absolute atomic E-state index is 0.237. The summed E-state index contributed by atoms with van der Waals surface area (Å²) in [6.45, 7) is 10.8. The molecule has 2 saturated heterocycles. The number of carbonyl (C=O) groups is 1. The summed E-state index contributed by atoms with van der Waals surface area (Å²) in [5, 5.41) is 14.0. The van der Waals surface area contributed by atoms with Gasteiger partial charge in [0.15, 0.2) is 5.60 Å². The van der Waals surface area contributed by atoms with Crippen molar-refractivity contribution in [3.05, 3.63) is 40.3 Å². The molecule has 0 unspecified atom stereocenters. The number of rotatable bonds is 7. The minimum Gasteiger partial charge on any atom is -0.493 e. The molecule has 0 bridgehead atoms. The highest BCUT2D eigenvalue weighted by molar-refractivity contribution is 7.15. The maximum atomic E-state index is 11.6. The largest absolute Gasteiger partial charge is 0.493 e. The molecule has 3 fully saturated rings. The van der Waals surface area contributed by atoms with E-state index in [-0.39, 0.29) is 5.60 Å². The molecule has 6 rings (SSSR count). The summed E-state index contributed by atoms with van der Waals surface area (Å²) >= 11 is 1.85. The van der Waals surface area contributed by atoms with Gasteiger partial charge in [-0.25, -0.2) is 0 Å². The second-order valence-electron chi connectivity index (χ2n) is 11.6. The normalized spacial score (nSPS) is 22.5. The van der Waals surface area contributed by atoms with Crippen LogP contribution in [0.1, 0.15) is 67.9 Å². The minimum atomic E-state index is -0.696. The number of likely N-dealkylation sites (tertiary alicyclic amines) is 2. The molecule has 1 saturated carbocycles. The highest BCUT2D eigenvalue weighted by Gasteiger charge is 2.51. The highest BCUT2D eigenvalue weighted by Crippen LogP contribution is 2.50. The summed E-state index contributed by atoms with van der Waals surface area (Å²) in [5.41, 5.74) is 3.18. The van der Waals surface area contributed by atoms with Gasteiger partial charge in [-0.15, -0.1) is 11.3 Å². The molecular weight excluding hydrogens is 486 g/mol. The third-order valence-electron chi connectivity index (χ3n) is 8.50. The van der Waals surface area contributed by atoms with Crippen LogP contribution in [0.5, 0.6) is 5.75 Å². The van der Waals surface area contributed by atoms with E-state index in [0.717, 1.165) is 50.7 Å². The van der Waals surface area contributed by atoms with Crippen LogP contribution in [-0.2, 0) is 16.2 Å². The zero-order valence-electron chi connectivity index (χ0n) is 22.1. The number of hydrogen-bond acceptors (Lipinski definition) is 7. The Morgan fingerprint density at radius 1 is 1.24 bits per heavy atom. The molecule has 8 heteroatoms. The van der Waals surface area contributed by atoms with Gasteiger partial charge in [0.2, 0.25) is 0 Å². The second-order valence-corrected chi connectivity index (χ2v) is 12.9. The Morgan fingerprint density at radius 3 is 2.62 bits per heavy atom. The third-order valence-corrected chi connectivity index (χ3v) is 9.52. The zero-order valence-corrected chi connectivity index (χ0v) is 22.9. The van der Waals surface area contributed by atoms with Crippen LogP contribution in [-0.4, -0.2) is 65.1 Å². The van der Waals surface area contributed by atoms with E-state index in [1.165, 1.54) is 39.3 Å². The second kappa shape index (κ2) is 9.31. The highest BCUT2D eigenvalue weighted by atomic mass is 32.1. The van der Waals surface area contributed by atoms with E-state index in [1.54, 1.807) is 0 Å². The van der Waals surface area contributed by atoms with Gasteiger partial charge in [-0.1, -0.05) is 11.2 Å². The number of carboxylic acids is 1. The first kappa shape index (κ1) is 24.7. The Balaban J connectivity index is 1.11. The number of piperidine rings is 1. The number of ether oxygens (including phenoxy) is 1. The van der Waals surface area contributed by atoms with E-state index in [9.17, 15) is 9.90 Å². The summed E-state index contributed by atoms with van der Waals surface area (Å²) in [5.74, 6) is 1.94. The standard InChI is InChI=1S/C29H37N3O4S/c1-4-35-23-14-20(13-22(21-6-7-21)26(23)24-8-5-19(2)37-24)16-31-17-29(18-31)15-25(30-36-29)32-11-9-28(3,10-12-32)27(33)34/h5,8,13-14,21H,4,6-7,9-12,15-18H2,1-3H3,(H,33,34). The molecule has 1 N–H and O–H groups in total. The van der Waals surface area contributed by atoms with Gasteiger partial charge in [0.1, 0.15) is 11.6 Å². The zero-order chi connectivity index (χ0) is 25.8. The molecule has 3 aliphatic heterocycles. The number of aryl methyl sites for hydroxylation is 1. The van der Waals surface area contributed by atoms with Crippen molar-refractivity contribution in [3.8, 4) is 16.2 Å². The quantitative estimate of drug-likeness (QED) is 0.518. The maximum Gasteiger partial charge on any atom is 0.309 e. The lowest BCUT2D eigenvalue weighted by Gasteiger charge is -2.45. The Kier molecular flexibility index (Phi) is 6.23. The average molecular weight is 524 g/mol. The topological polar surface area (TPSA) is 74.6 Å². The molecule has 4 heterocycles. The van der Waals surface area contributed by atoms with E-state index in [1.807, 2.05) is 18.3 Å². The monoisotopic (exact) mass is 523 g/mol. The first-order valence-electron chi connectivity index (χ1n) is 13.6. The summed E-state index contributed by atoms with van der Waals surface area (Å²) in [6.07, 6.45) is 4.62. The SMILES string of the molecule is CCOc1cc(CN2CC3(CC(N4CCC(C)(C(=O)O)CC4)=NO3)C2)cc(C2CC2)c1-c1ccc(C)s1. The predicted molar refractivity (Wildman–Crippen MR) is 145 cm³/mol. The molecule has 1 aliphatic carbocycles. The maximum absolute atomic E-state index is 11.6. The summed E-state index contributed by atoms with van der Waals surface area (Å²) in [6, 6.07) is 9.10. The number of amidine groups is 1. The van der Waals surface area contributed by atoms with E-state index in [0.29, 0.717) is 25.4 Å². The Hall–Kier alpha value is -2.58. The van der Waals surface area contributed by atoms with Crippen LogP contribution in [0.2, 0.25) is 0 Å². The lowest BCUT2D eigenvalue weighted by Crippen LogP contribution is -2.61. The lowest BCUT2D eigenvalue weighted by atomic mass is 9.80. The number of oxime groups is 1. The summed E-state index contributed by atoms with van der Waals surface area (Å²) in [7, 11) is 0. The number of thiophene rings is 1. The van der Waals surface area contributed by atoms with Gasteiger partial charge in [-0.2, -0.15) is 0 Å². The van der Waals surface area contributed by atoms with Crippen LogP contribution in [0.4, 0.5) is 0 Å². The first-order valence-corrected chi connectivity index (χ1v) is 14.4. The van der Waals surface area contributed by atoms with Crippen molar-refractivity contribution in [1.82, 2.24) is 9.80 Å². The molecule has 7 nitrogen and oxygen atoms in total. The van der Waals surface area contributed by atoms with Crippen LogP contribution in [0, 0.1) is 12.3 Å². The molecule has 4 aliphatic rings. The molecule has 1 spiro atoms. The van der Waals surface area contributed by atoms with Crippen molar-refractivity contribution in [2.45, 2.75) is 70.9 Å². The van der Waals surface area contributed by atoms with Gasteiger partial charge >= 0.3 is 5.97 Å². The van der Waals surface area contributed by atoms with Crippen LogP contribution in [0.3, 0.4) is 0 Å². The van der Waals surface area contributed by atoms with Gasteiger partial charge in [0.25, 0.3) is 0 Å². The van der Waals surface area contributed by atoms with Crippen LogP contribution in [0.25, 0.3) is 10.4 Å². The molecule has 0 radical (unpaired) electrons. The number of nitrogens with zero attached hydrogens (tertiary/aromatic N) is 3. The van der Waals surface area contributed by atoms with E-state index in [4.69, 9.17) is 9.57 Å². The van der Waals surface area contributed by atoms with Crippen molar-refractivity contribution in [2.24, 2.45) is 10.6 Å². The Labute approximate surface area is 223 Å². The van der Waals surface area contributed by atoms with Gasteiger partial charge in [-0.3, -0.25) is 9.69 Å².